The molecule has 110 valence electrons. The molecule has 1 aliphatic carbocycles. The summed E-state index contributed by atoms with van der Waals surface area (Å²) in [6.45, 7) is 0. The maximum Gasteiger partial charge on any atom is 0.305 e. The number of rotatable bonds is 3. The average Bonchev–Trinajstić information content (AvgIpc) is 3.26. The first-order valence-corrected chi connectivity index (χ1v) is 6.96. The zero-order chi connectivity index (χ0) is 15.3. The molecule has 0 aliphatic heterocycles. The number of nitro benzene ring substituents is 1. The average molecular weight is 298 g/mol. The molecule has 0 N–H and O–H groups in total. The van der Waals surface area contributed by atoms with Gasteiger partial charge in [0, 0.05) is 11.6 Å². The minimum Gasteiger partial charge on any atom is -0.436 e. The van der Waals surface area contributed by atoms with E-state index in [4.69, 9.17) is 4.42 Å². The van der Waals surface area contributed by atoms with E-state index < -0.39 is 16.4 Å². The van der Waals surface area contributed by atoms with E-state index in [1.54, 1.807) is 0 Å². The zero-order valence-electron chi connectivity index (χ0n) is 11.5. The van der Waals surface area contributed by atoms with Crippen LogP contribution in [0.15, 0.2) is 40.8 Å². The van der Waals surface area contributed by atoms with E-state index in [2.05, 4.69) is 4.98 Å². The smallest absolute Gasteiger partial charge is 0.305 e. The molecule has 0 unspecified atom stereocenters. The highest BCUT2D eigenvalue weighted by Gasteiger charge is 2.24. The van der Waals surface area contributed by atoms with Crippen molar-refractivity contribution in [2.24, 2.45) is 0 Å². The van der Waals surface area contributed by atoms with Gasteiger partial charge in [-0.3, -0.25) is 10.1 Å². The number of hydrogen-bond donors (Lipinski definition) is 0. The minimum atomic E-state index is -0.874. The summed E-state index contributed by atoms with van der Waals surface area (Å²) in [5.74, 6) is -0.0108. The van der Waals surface area contributed by atoms with Gasteiger partial charge in [0.15, 0.2) is 5.58 Å². The molecule has 0 saturated heterocycles. The number of nitrogens with zero attached hydrogens (tertiary/aromatic N) is 2. The molecule has 5 nitrogen and oxygen atoms in total. The molecule has 3 aromatic rings. The van der Waals surface area contributed by atoms with Crippen LogP contribution in [-0.4, -0.2) is 9.91 Å². The SMILES string of the molecule is O=[N+]([O-])c1cc(-c2nc3cc(C4CC4)ccc3o2)ccc1F. The van der Waals surface area contributed by atoms with Gasteiger partial charge < -0.3 is 4.42 Å². The number of fused-ring (bicyclic) bond motifs is 1. The first-order chi connectivity index (χ1) is 10.6. The van der Waals surface area contributed by atoms with Crippen LogP contribution in [0.25, 0.3) is 22.6 Å². The van der Waals surface area contributed by atoms with Crippen molar-refractivity contribution in [2.45, 2.75) is 18.8 Å². The molecule has 6 heteroatoms. The summed E-state index contributed by atoms with van der Waals surface area (Å²) in [5.41, 5.74) is 2.37. The van der Waals surface area contributed by atoms with E-state index in [1.165, 1.54) is 24.5 Å². The van der Waals surface area contributed by atoms with Crippen molar-refractivity contribution in [1.82, 2.24) is 4.98 Å². The topological polar surface area (TPSA) is 69.2 Å². The Morgan fingerprint density at radius 1 is 1.23 bits per heavy atom. The van der Waals surface area contributed by atoms with Crippen molar-refractivity contribution in [3.63, 3.8) is 0 Å². The van der Waals surface area contributed by atoms with Crippen molar-refractivity contribution in [2.75, 3.05) is 0 Å². The van der Waals surface area contributed by atoms with Gasteiger partial charge in [-0.1, -0.05) is 6.07 Å². The van der Waals surface area contributed by atoms with E-state index >= 15 is 0 Å². The van der Waals surface area contributed by atoms with Gasteiger partial charge in [0.1, 0.15) is 5.52 Å². The lowest BCUT2D eigenvalue weighted by Crippen LogP contribution is -1.92. The molecule has 0 amide bonds. The fourth-order valence-electron chi connectivity index (χ4n) is 2.52. The Hall–Kier alpha value is -2.76. The highest BCUT2D eigenvalue weighted by Crippen LogP contribution is 2.41. The molecular formula is C16H11FN2O3. The lowest BCUT2D eigenvalue weighted by Gasteiger charge is -1.97. The molecule has 0 bridgehead atoms. The quantitative estimate of drug-likeness (QED) is 0.530. The summed E-state index contributed by atoms with van der Waals surface area (Å²) < 4.78 is 19.0. The van der Waals surface area contributed by atoms with Gasteiger partial charge in [-0.25, -0.2) is 4.98 Å². The molecule has 0 atom stereocenters. The molecule has 22 heavy (non-hydrogen) atoms. The molecule has 0 spiro atoms. The van der Waals surface area contributed by atoms with Gasteiger partial charge in [-0.15, -0.1) is 0 Å². The van der Waals surface area contributed by atoms with Crippen molar-refractivity contribution in [3.05, 3.63) is 57.9 Å². The number of hydrogen-bond acceptors (Lipinski definition) is 4. The fourth-order valence-corrected chi connectivity index (χ4v) is 2.52. The molecule has 1 fully saturated rings. The maximum absolute atomic E-state index is 13.4. The van der Waals surface area contributed by atoms with Crippen LogP contribution in [0.5, 0.6) is 0 Å². The zero-order valence-corrected chi connectivity index (χ0v) is 11.5. The summed E-state index contributed by atoms with van der Waals surface area (Å²) in [6, 6.07) is 9.48. The highest BCUT2D eigenvalue weighted by atomic mass is 19.1. The van der Waals surface area contributed by atoms with E-state index in [0.717, 1.165) is 12.1 Å². The molecule has 0 radical (unpaired) electrons. The molecule has 4 rings (SSSR count). The Balaban J connectivity index is 1.80. The largest absolute Gasteiger partial charge is 0.436 e. The van der Waals surface area contributed by atoms with Crippen LogP contribution < -0.4 is 0 Å². The molecular weight excluding hydrogens is 287 g/mol. The monoisotopic (exact) mass is 298 g/mol. The molecule has 1 heterocycles. The Kier molecular flexibility index (Phi) is 2.72. The molecule has 1 saturated carbocycles. The summed E-state index contributed by atoms with van der Waals surface area (Å²) in [6.07, 6.45) is 2.39. The Bertz CT molecular complexity index is 900. The van der Waals surface area contributed by atoms with Crippen LogP contribution in [0.2, 0.25) is 0 Å². The predicted octanol–water partition coefficient (Wildman–Crippen LogP) is 4.42. The van der Waals surface area contributed by atoms with Crippen LogP contribution in [0.1, 0.15) is 24.3 Å². The second kappa shape index (κ2) is 4.62. The third-order valence-corrected chi connectivity index (χ3v) is 3.85. The number of oxazole rings is 1. The Morgan fingerprint density at radius 3 is 2.77 bits per heavy atom. The second-order valence-electron chi connectivity index (χ2n) is 5.44. The van der Waals surface area contributed by atoms with Crippen molar-refractivity contribution < 1.29 is 13.7 Å². The van der Waals surface area contributed by atoms with Gasteiger partial charge in [0.2, 0.25) is 11.7 Å². The van der Waals surface area contributed by atoms with Crippen LogP contribution >= 0.6 is 0 Å². The van der Waals surface area contributed by atoms with Crippen molar-refractivity contribution >= 4 is 16.8 Å². The van der Waals surface area contributed by atoms with Gasteiger partial charge in [-0.05, 0) is 48.6 Å². The van der Waals surface area contributed by atoms with Crippen LogP contribution in [-0.2, 0) is 0 Å². The summed E-state index contributed by atoms with van der Waals surface area (Å²) in [7, 11) is 0. The predicted molar refractivity (Wildman–Crippen MR) is 78.0 cm³/mol. The Morgan fingerprint density at radius 2 is 2.05 bits per heavy atom. The fraction of sp³-hybridized carbons (Fsp3) is 0.188. The van der Waals surface area contributed by atoms with E-state index in [0.29, 0.717) is 22.6 Å². The summed E-state index contributed by atoms with van der Waals surface area (Å²) >= 11 is 0. The standard InChI is InChI=1S/C16H11FN2O3/c17-12-5-3-11(8-14(12)19(20)21)16-18-13-7-10(9-1-2-9)4-6-15(13)22-16/h3-9H,1-2H2. The molecule has 1 aliphatic rings. The van der Waals surface area contributed by atoms with Crippen LogP contribution in [0, 0.1) is 15.9 Å². The number of aromatic nitrogens is 1. The van der Waals surface area contributed by atoms with Crippen molar-refractivity contribution in [1.29, 1.82) is 0 Å². The van der Waals surface area contributed by atoms with E-state index in [-0.39, 0.29) is 5.89 Å². The Labute approximate surface area is 124 Å². The first-order valence-electron chi connectivity index (χ1n) is 6.96. The molecule has 2 aromatic carbocycles. The van der Waals surface area contributed by atoms with Gasteiger partial charge in [0.25, 0.3) is 0 Å². The van der Waals surface area contributed by atoms with Crippen molar-refractivity contribution in [3.8, 4) is 11.5 Å². The second-order valence-corrected chi connectivity index (χ2v) is 5.44. The summed E-state index contributed by atoms with van der Waals surface area (Å²) in [5, 5.41) is 10.8. The lowest BCUT2D eigenvalue weighted by molar-refractivity contribution is -0.387. The number of halogens is 1. The lowest BCUT2D eigenvalue weighted by atomic mass is 10.1. The minimum absolute atomic E-state index is 0.256. The first kappa shape index (κ1) is 12.9. The van der Waals surface area contributed by atoms with Gasteiger partial charge in [-0.2, -0.15) is 4.39 Å². The third-order valence-electron chi connectivity index (χ3n) is 3.85. The van der Waals surface area contributed by atoms with Gasteiger partial charge >= 0.3 is 5.69 Å². The van der Waals surface area contributed by atoms with E-state index in [9.17, 15) is 14.5 Å². The number of benzene rings is 2. The third kappa shape index (κ3) is 2.13. The van der Waals surface area contributed by atoms with E-state index in [1.807, 2.05) is 18.2 Å². The van der Waals surface area contributed by atoms with Crippen LogP contribution in [0.3, 0.4) is 0 Å². The summed E-state index contributed by atoms with van der Waals surface area (Å²) in [4.78, 5) is 14.4. The van der Waals surface area contributed by atoms with Crippen LogP contribution in [0.4, 0.5) is 10.1 Å². The maximum atomic E-state index is 13.4. The highest BCUT2D eigenvalue weighted by molar-refractivity contribution is 5.77. The number of nitro groups is 1. The molecule has 1 aromatic heterocycles. The normalized spacial score (nSPS) is 14.4. The van der Waals surface area contributed by atoms with Gasteiger partial charge in [0.05, 0.1) is 4.92 Å².